The van der Waals surface area contributed by atoms with Crippen LogP contribution in [0.5, 0.6) is 5.75 Å². The number of carbonyl (C=O) groups excluding carboxylic acids is 3. The van der Waals surface area contributed by atoms with E-state index in [1.807, 2.05) is 42.2 Å². The fraction of sp³-hybridized carbons (Fsp3) is 0.323. The standard InChI is InChI=1S/C31H33N3O4/c1-2-38-25-17-15-24(16-18-25)32-29(35)22-11-13-23(14-12-22)33-30(36)26-8-4-5-9-27(26)31(37)34-20-19-21-7-3-6-10-28(21)34/h3,6-7,10-18,26-27H,2,4-5,8-9,19-20H2,1H3,(H,32,35)(H,33,36). The first kappa shape index (κ1) is 25.5. The maximum Gasteiger partial charge on any atom is 0.255 e. The molecule has 1 aliphatic heterocycles. The number of carbonyl (C=O) groups is 3. The van der Waals surface area contributed by atoms with Crippen molar-refractivity contribution in [3.05, 3.63) is 83.9 Å². The van der Waals surface area contributed by atoms with E-state index in [0.717, 1.165) is 37.1 Å². The third-order valence-electron chi connectivity index (χ3n) is 7.41. The van der Waals surface area contributed by atoms with Gasteiger partial charge in [0.2, 0.25) is 11.8 Å². The predicted molar refractivity (Wildman–Crippen MR) is 149 cm³/mol. The van der Waals surface area contributed by atoms with Gasteiger partial charge >= 0.3 is 0 Å². The van der Waals surface area contributed by atoms with E-state index in [9.17, 15) is 14.4 Å². The Morgan fingerprint density at radius 3 is 2.24 bits per heavy atom. The van der Waals surface area contributed by atoms with Gasteiger partial charge in [-0.05, 0) is 86.3 Å². The molecule has 2 atom stereocenters. The number of rotatable bonds is 7. The number of anilines is 3. The summed E-state index contributed by atoms with van der Waals surface area (Å²) < 4.78 is 5.43. The minimum absolute atomic E-state index is 0.0520. The Morgan fingerprint density at radius 1 is 0.842 bits per heavy atom. The zero-order valence-corrected chi connectivity index (χ0v) is 21.6. The maximum absolute atomic E-state index is 13.5. The van der Waals surface area contributed by atoms with Gasteiger partial charge < -0.3 is 20.3 Å². The number of amides is 3. The topological polar surface area (TPSA) is 87.7 Å². The Kier molecular flexibility index (Phi) is 7.73. The van der Waals surface area contributed by atoms with Crippen LogP contribution in [-0.4, -0.2) is 30.9 Å². The van der Waals surface area contributed by atoms with Gasteiger partial charge in [-0.1, -0.05) is 31.0 Å². The highest BCUT2D eigenvalue weighted by Gasteiger charge is 2.39. The van der Waals surface area contributed by atoms with E-state index >= 15 is 0 Å². The number of fused-ring (bicyclic) bond motifs is 1. The van der Waals surface area contributed by atoms with Crippen molar-refractivity contribution in [2.45, 2.75) is 39.0 Å². The molecular formula is C31H33N3O4. The monoisotopic (exact) mass is 511 g/mol. The molecule has 3 aromatic carbocycles. The van der Waals surface area contributed by atoms with Gasteiger partial charge in [-0.2, -0.15) is 0 Å². The summed E-state index contributed by atoms with van der Waals surface area (Å²) in [7, 11) is 0. The van der Waals surface area contributed by atoms with Crippen molar-refractivity contribution in [3.63, 3.8) is 0 Å². The van der Waals surface area contributed by atoms with E-state index in [4.69, 9.17) is 4.74 Å². The summed E-state index contributed by atoms with van der Waals surface area (Å²) >= 11 is 0. The molecule has 2 unspecified atom stereocenters. The first-order chi connectivity index (χ1) is 18.5. The number of benzene rings is 3. The molecular weight excluding hydrogens is 478 g/mol. The van der Waals surface area contributed by atoms with E-state index in [-0.39, 0.29) is 29.6 Å². The van der Waals surface area contributed by atoms with Gasteiger partial charge in [0, 0.05) is 35.1 Å². The number of hydrogen-bond donors (Lipinski definition) is 2. The van der Waals surface area contributed by atoms with Crippen LogP contribution in [0.25, 0.3) is 0 Å². The second-order valence-corrected chi connectivity index (χ2v) is 9.84. The number of hydrogen-bond acceptors (Lipinski definition) is 4. The van der Waals surface area contributed by atoms with Gasteiger partial charge in [-0.15, -0.1) is 0 Å². The SMILES string of the molecule is CCOc1ccc(NC(=O)c2ccc(NC(=O)C3CCCCC3C(=O)N3CCc4ccccc43)cc2)cc1. The summed E-state index contributed by atoms with van der Waals surface area (Å²) in [4.78, 5) is 41.4. The molecule has 7 heteroatoms. The number of nitrogens with zero attached hydrogens (tertiary/aromatic N) is 1. The summed E-state index contributed by atoms with van der Waals surface area (Å²) in [5.74, 6) is -0.271. The lowest BCUT2D eigenvalue weighted by Crippen LogP contribution is -2.43. The minimum atomic E-state index is -0.369. The summed E-state index contributed by atoms with van der Waals surface area (Å²) in [6.45, 7) is 3.17. The molecule has 0 spiro atoms. The van der Waals surface area contributed by atoms with Crippen LogP contribution in [-0.2, 0) is 16.0 Å². The molecule has 38 heavy (non-hydrogen) atoms. The van der Waals surface area contributed by atoms with Crippen LogP contribution in [0.15, 0.2) is 72.8 Å². The first-order valence-corrected chi connectivity index (χ1v) is 13.4. The van der Waals surface area contributed by atoms with E-state index in [2.05, 4.69) is 16.7 Å². The van der Waals surface area contributed by atoms with Crippen LogP contribution in [0.4, 0.5) is 17.1 Å². The molecule has 1 saturated carbocycles. The lowest BCUT2D eigenvalue weighted by atomic mass is 9.77. The molecule has 0 aromatic heterocycles. The summed E-state index contributed by atoms with van der Waals surface area (Å²) in [5.41, 5.74) is 3.92. The molecule has 0 saturated heterocycles. The molecule has 2 N–H and O–H groups in total. The largest absolute Gasteiger partial charge is 0.494 e. The molecule has 196 valence electrons. The molecule has 1 fully saturated rings. The van der Waals surface area contributed by atoms with Crippen molar-refractivity contribution in [3.8, 4) is 5.75 Å². The van der Waals surface area contributed by atoms with E-state index in [1.165, 1.54) is 5.56 Å². The molecule has 5 rings (SSSR count). The summed E-state index contributed by atoms with van der Waals surface area (Å²) in [5, 5.41) is 5.85. The highest BCUT2D eigenvalue weighted by atomic mass is 16.5. The molecule has 0 bridgehead atoms. The predicted octanol–water partition coefficient (Wildman–Crippen LogP) is 5.67. The van der Waals surface area contributed by atoms with E-state index in [0.29, 0.717) is 36.5 Å². The van der Waals surface area contributed by atoms with E-state index in [1.54, 1.807) is 36.4 Å². The van der Waals surface area contributed by atoms with Gasteiger partial charge in [-0.25, -0.2) is 0 Å². The zero-order valence-electron chi connectivity index (χ0n) is 21.6. The Balaban J connectivity index is 1.21. The van der Waals surface area contributed by atoms with Crippen LogP contribution in [0.3, 0.4) is 0 Å². The number of para-hydroxylation sites is 1. The number of nitrogens with one attached hydrogen (secondary N) is 2. The molecule has 2 aliphatic rings. The van der Waals surface area contributed by atoms with Gasteiger partial charge in [0.1, 0.15) is 5.75 Å². The third-order valence-corrected chi connectivity index (χ3v) is 7.41. The van der Waals surface area contributed by atoms with Crippen LogP contribution in [0.2, 0.25) is 0 Å². The van der Waals surface area contributed by atoms with Crippen molar-refractivity contribution in [1.29, 1.82) is 0 Å². The van der Waals surface area contributed by atoms with Crippen LogP contribution in [0.1, 0.15) is 48.5 Å². The molecule has 7 nitrogen and oxygen atoms in total. The second-order valence-electron chi connectivity index (χ2n) is 9.84. The molecule has 0 radical (unpaired) electrons. The molecule has 3 aromatic rings. The maximum atomic E-state index is 13.5. The Bertz CT molecular complexity index is 1300. The lowest BCUT2D eigenvalue weighted by molar-refractivity contribution is -0.132. The lowest BCUT2D eigenvalue weighted by Gasteiger charge is -2.32. The summed E-state index contributed by atoms with van der Waals surface area (Å²) in [6.07, 6.45) is 4.15. The molecule has 1 heterocycles. The zero-order chi connectivity index (χ0) is 26.5. The van der Waals surface area contributed by atoms with Crippen LogP contribution < -0.4 is 20.3 Å². The fourth-order valence-electron chi connectivity index (χ4n) is 5.45. The Labute approximate surface area is 223 Å². The highest BCUT2D eigenvalue weighted by molar-refractivity contribution is 6.05. The quantitative estimate of drug-likeness (QED) is 0.428. The average Bonchev–Trinajstić information content (AvgIpc) is 3.38. The van der Waals surface area contributed by atoms with Gasteiger partial charge in [0.05, 0.1) is 12.5 Å². The first-order valence-electron chi connectivity index (χ1n) is 13.4. The summed E-state index contributed by atoms with van der Waals surface area (Å²) in [6, 6.07) is 22.0. The minimum Gasteiger partial charge on any atom is -0.494 e. The van der Waals surface area contributed by atoms with Crippen molar-refractivity contribution < 1.29 is 19.1 Å². The van der Waals surface area contributed by atoms with E-state index < -0.39 is 0 Å². The molecule has 3 amide bonds. The smallest absolute Gasteiger partial charge is 0.255 e. The van der Waals surface area contributed by atoms with Crippen LogP contribution in [0, 0.1) is 11.8 Å². The van der Waals surface area contributed by atoms with Gasteiger partial charge in [0.25, 0.3) is 5.91 Å². The van der Waals surface area contributed by atoms with Crippen LogP contribution >= 0.6 is 0 Å². The Morgan fingerprint density at radius 2 is 1.50 bits per heavy atom. The van der Waals surface area contributed by atoms with Crippen molar-refractivity contribution in [2.75, 3.05) is 28.7 Å². The highest BCUT2D eigenvalue weighted by Crippen LogP contribution is 2.36. The van der Waals surface area contributed by atoms with Crippen molar-refractivity contribution >= 4 is 34.8 Å². The molecule has 1 aliphatic carbocycles. The third kappa shape index (κ3) is 5.57. The van der Waals surface area contributed by atoms with Crippen molar-refractivity contribution in [1.82, 2.24) is 0 Å². The number of ether oxygens (including phenoxy) is 1. The second kappa shape index (κ2) is 11.5. The fourth-order valence-corrected chi connectivity index (χ4v) is 5.45. The van der Waals surface area contributed by atoms with Gasteiger partial charge in [0.15, 0.2) is 0 Å². The normalized spacial score (nSPS) is 18.4. The Hall–Kier alpha value is -4.13. The average molecular weight is 512 g/mol. The van der Waals surface area contributed by atoms with Crippen molar-refractivity contribution in [2.24, 2.45) is 11.8 Å². The van der Waals surface area contributed by atoms with Gasteiger partial charge in [-0.3, -0.25) is 14.4 Å².